The molecular formula is C21H35IN4O2. The highest BCUT2D eigenvalue weighted by Crippen LogP contribution is 2.10. The Morgan fingerprint density at radius 2 is 1.93 bits per heavy atom. The molecule has 0 bridgehead atoms. The number of nitrogens with zero attached hydrogens (tertiary/aromatic N) is 2. The van der Waals surface area contributed by atoms with E-state index in [9.17, 15) is 4.79 Å². The van der Waals surface area contributed by atoms with E-state index in [-0.39, 0.29) is 36.4 Å². The van der Waals surface area contributed by atoms with Crippen LogP contribution in [0.3, 0.4) is 0 Å². The van der Waals surface area contributed by atoms with Gasteiger partial charge in [0.25, 0.3) is 0 Å². The van der Waals surface area contributed by atoms with E-state index in [1.165, 1.54) is 6.42 Å². The molecule has 1 aromatic rings. The number of hydrogen-bond donors (Lipinski definition) is 2. The Hall–Kier alpha value is -1.77. The molecule has 2 N–H and O–H groups in total. The minimum absolute atomic E-state index is 0. The Morgan fingerprint density at radius 1 is 1.21 bits per heavy atom. The lowest BCUT2D eigenvalue weighted by atomic mass is 10.2. The molecule has 0 spiro atoms. The Kier molecular flexibility index (Phi) is 15.2. The first-order valence-corrected chi connectivity index (χ1v) is 9.60. The standard InChI is InChI=1S/C21H34N4O2.HI/c1-5-7-8-9-10-15-25(3)21(22-6-2)24-17-20(26)23-16-18-11-13-19(27-4)14-12-18;/h5,11-14H,1,6-10,15-17H2,2-4H3,(H,22,24)(H,23,26);1H. The number of amides is 1. The van der Waals surface area contributed by atoms with Crippen molar-refractivity contribution in [2.45, 2.75) is 39.2 Å². The van der Waals surface area contributed by atoms with Crippen LogP contribution in [0.25, 0.3) is 0 Å². The van der Waals surface area contributed by atoms with Crippen LogP contribution in [0.2, 0.25) is 0 Å². The fourth-order valence-electron chi connectivity index (χ4n) is 2.54. The van der Waals surface area contributed by atoms with Crippen LogP contribution in [0.5, 0.6) is 5.75 Å². The number of nitrogens with one attached hydrogen (secondary N) is 2. The second-order valence-electron chi connectivity index (χ2n) is 6.35. The normalized spacial score (nSPS) is 10.6. The number of aliphatic imine (C=N–C) groups is 1. The average Bonchev–Trinajstić information content (AvgIpc) is 2.69. The highest BCUT2D eigenvalue weighted by atomic mass is 127. The SMILES string of the molecule is C=CCCCCCN(C)C(=NCC(=O)NCc1ccc(OC)cc1)NCC.I. The Balaban J connectivity index is 0.00000729. The molecule has 0 saturated heterocycles. The number of guanidine groups is 1. The van der Waals surface area contributed by atoms with Crippen LogP contribution >= 0.6 is 24.0 Å². The monoisotopic (exact) mass is 502 g/mol. The molecule has 0 aromatic heterocycles. The number of hydrogen-bond acceptors (Lipinski definition) is 3. The predicted octanol–water partition coefficient (Wildman–Crippen LogP) is 3.57. The van der Waals surface area contributed by atoms with Gasteiger partial charge < -0.3 is 20.3 Å². The van der Waals surface area contributed by atoms with E-state index in [1.54, 1.807) is 7.11 Å². The van der Waals surface area contributed by atoms with Crippen molar-refractivity contribution in [3.05, 3.63) is 42.5 Å². The van der Waals surface area contributed by atoms with Gasteiger partial charge in [0.1, 0.15) is 12.3 Å². The Labute approximate surface area is 186 Å². The van der Waals surface area contributed by atoms with Crippen molar-refractivity contribution in [2.24, 2.45) is 4.99 Å². The molecular weight excluding hydrogens is 467 g/mol. The maximum atomic E-state index is 12.1. The van der Waals surface area contributed by atoms with Crippen molar-refractivity contribution in [1.29, 1.82) is 0 Å². The summed E-state index contributed by atoms with van der Waals surface area (Å²) in [6.07, 6.45) is 6.45. The number of allylic oxidation sites excluding steroid dienone is 1. The van der Waals surface area contributed by atoms with Crippen molar-refractivity contribution in [3.8, 4) is 5.75 Å². The van der Waals surface area contributed by atoms with Gasteiger partial charge in [0.05, 0.1) is 7.11 Å². The van der Waals surface area contributed by atoms with Gasteiger partial charge in [0.2, 0.25) is 5.91 Å². The highest BCUT2D eigenvalue weighted by Gasteiger charge is 2.07. The first-order chi connectivity index (χ1) is 13.1. The molecule has 1 aromatic carbocycles. The molecule has 6 nitrogen and oxygen atoms in total. The maximum Gasteiger partial charge on any atom is 0.242 e. The number of carbonyl (C=O) groups excluding carboxylic acids is 1. The van der Waals surface area contributed by atoms with Crippen LogP contribution in [0.15, 0.2) is 41.9 Å². The largest absolute Gasteiger partial charge is 0.497 e. The summed E-state index contributed by atoms with van der Waals surface area (Å²) in [5, 5.41) is 6.14. The van der Waals surface area contributed by atoms with E-state index >= 15 is 0 Å². The van der Waals surface area contributed by atoms with Gasteiger partial charge in [-0.25, -0.2) is 4.99 Å². The van der Waals surface area contributed by atoms with Crippen molar-refractivity contribution < 1.29 is 9.53 Å². The van der Waals surface area contributed by atoms with Gasteiger partial charge in [-0.3, -0.25) is 4.79 Å². The van der Waals surface area contributed by atoms with Gasteiger partial charge in [-0.1, -0.05) is 24.6 Å². The van der Waals surface area contributed by atoms with E-state index in [4.69, 9.17) is 4.74 Å². The number of halogens is 1. The van der Waals surface area contributed by atoms with Crippen LogP contribution in [0.4, 0.5) is 0 Å². The smallest absolute Gasteiger partial charge is 0.242 e. The fourth-order valence-corrected chi connectivity index (χ4v) is 2.54. The third kappa shape index (κ3) is 11.2. The third-order valence-corrected chi connectivity index (χ3v) is 4.12. The second kappa shape index (κ2) is 16.2. The zero-order chi connectivity index (χ0) is 19.9. The zero-order valence-corrected chi connectivity index (χ0v) is 19.7. The van der Waals surface area contributed by atoms with Crippen molar-refractivity contribution in [1.82, 2.24) is 15.5 Å². The fraction of sp³-hybridized carbons (Fsp3) is 0.524. The molecule has 0 unspecified atom stereocenters. The quantitative estimate of drug-likeness (QED) is 0.151. The highest BCUT2D eigenvalue weighted by molar-refractivity contribution is 14.0. The summed E-state index contributed by atoms with van der Waals surface area (Å²) in [6, 6.07) is 7.64. The van der Waals surface area contributed by atoms with E-state index in [1.807, 2.05) is 44.3 Å². The third-order valence-electron chi connectivity index (χ3n) is 4.12. The molecule has 0 heterocycles. The zero-order valence-electron chi connectivity index (χ0n) is 17.4. The van der Waals surface area contributed by atoms with Gasteiger partial charge in [0.15, 0.2) is 5.96 Å². The van der Waals surface area contributed by atoms with Gasteiger partial charge >= 0.3 is 0 Å². The number of rotatable bonds is 12. The number of methoxy groups -OCH3 is 1. The van der Waals surface area contributed by atoms with Crippen LogP contribution in [-0.2, 0) is 11.3 Å². The minimum Gasteiger partial charge on any atom is -0.497 e. The number of unbranched alkanes of at least 4 members (excludes halogenated alkanes) is 3. The lowest BCUT2D eigenvalue weighted by molar-refractivity contribution is -0.119. The molecule has 158 valence electrons. The Bertz CT molecular complexity index is 591. The molecule has 7 heteroatoms. The summed E-state index contributed by atoms with van der Waals surface area (Å²) in [5.74, 6) is 1.47. The maximum absolute atomic E-state index is 12.1. The number of carbonyl (C=O) groups is 1. The topological polar surface area (TPSA) is 66.0 Å². The molecule has 0 aliphatic rings. The molecule has 0 fully saturated rings. The molecule has 28 heavy (non-hydrogen) atoms. The molecule has 0 aliphatic carbocycles. The Morgan fingerprint density at radius 3 is 2.54 bits per heavy atom. The summed E-state index contributed by atoms with van der Waals surface area (Å²) in [7, 11) is 3.64. The van der Waals surface area contributed by atoms with Crippen molar-refractivity contribution in [3.63, 3.8) is 0 Å². The summed E-state index contributed by atoms with van der Waals surface area (Å²) in [5.41, 5.74) is 1.02. The van der Waals surface area contributed by atoms with E-state index < -0.39 is 0 Å². The van der Waals surface area contributed by atoms with Crippen molar-refractivity contribution in [2.75, 3.05) is 33.8 Å². The molecule has 0 aliphatic heterocycles. The van der Waals surface area contributed by atoms with Crippen LogP contribution in [0.1, 0.15) is 38.2 Å². The molecule has 0 radical (unpaired) electrons. The van der Waals surface area contributed by atoms with Gasteiger partial charge in [-0.15, -0.1) is 30.6 Å². The summed E-state index contributed by atoms with van der Waals surface area (Å²) < 4.78 is 5.13. The first-order valence-electron chi connectivity index (χ1n) is 9.60. The van der Waals surface area contributed by atoms with Crippen molar-refractivity contribution >= 4 is 35.8 Å². The molecule has 0 saturated carbocycles. The lowest BCUT2D eigenvalue weighted by Gasteiger charge is -2.22. The molecule has 0 atom stereocenters. The predicted molar refractivity (Wildman–Crippen MR) is 128 cm³/mol. The van der Waals surface area contributed by atoms with Gasteiger partial charge in [-0.2, -0.15) is 0 Å². The molecule has 1 amide bonds. The first kappa shape index (κ1) is 26.2. The van der Waals surface area contributed by atoms with Gasteiger partial charge in [-0.05, 0) is 43.9 Å². The van der Waals surface area contributed by atoms with E-state index in [0.29, 0.717) is 6.54 Å². The summed E-state index contributed by atoms with van der Waals surface area (Å²) >= 11 is 0. The molecule has 1 rings (SSSR count). The average molecular weight is 502 g/mol. The number of ether oxygens (including phenoxy) is 1. The summed E-state index contributed by atoms with van der Waals surface area (Å²) in [4.78, 5) is 18.6. The van der Waals surface area contributed by atoms with Gasteiger partial charge in [0, 0.05) is 26.7 Å². The lowest BCUT2D eigenvalue weighted by Crippen LogP contribution is -2.40. The van der Waals surface area contributed by atoms with E-state index in [0.717, 1.165) is 49.6 Å². The summed E-state index contributed by atoms with van der Waals surface area (Å²) in [6.45, 7) is 8.05. The second-order valence-corrected chi connectivity index (χ2v) is 6.35. The van der Waals surface area contributed by atoms with Crippen LogP contribution in [0, 0.1) is 0 Å². The van der Waals surface area contributed by atoms with Crippen LogP contribution < -0.4 is 15.4 Å². The van der Waals surface area contributed by atoms with E-state index in [2.05, 4.69) is 27.1 Å². The van der Waals surface area contributed by atoms with Crippen LogP contribution in [-0.4, -0.2) is 50.6 Å². The minimum atomic E-state index is -0.0967. The number of benzene rings is 1.